The topological polar surface area (TPSA) is 115 Å². The predicted molar refractivity (Wildman–Crippen MR) is 148 cm³/mol. The van der Waals surface area contributed by atoms with Crippen molar-refractivity contribution >= 4 is 28.3 Å². The summed E-state index contributed by atoms with van der Waals surface area (Å²) in [7, 11) is 3.40. The molecule has 1 fully saturated rings. The zero-order valence-electron chi connectivity index (χ0n) is 22.8. The fourth-order valence-electron chi connectivity index (χ4n) is 5.25. The summed E-state index contributed by atoms with van der Waals surface area (Å²) >= 11 is 0. The van der Waals surface area contributed by atoms with E-state index in [1.165, 1.54) is 0 Å². The third-order valence-electron chi connectivity index (χ3n) is 7.42. The van der Waals surface area contributed by atoms with E-state index < -0.39 is 0 Å². The first-order valence-electron chi connectivity index (χ1n) is 13.0. The molecule has 0 saturated carbocycles. The van der Waals surface area contributed by atoms with Gasteiger partial charge < -0.3 is 25.0 Å². The van der Waals surface area contributed by atoms with Crippen LogP contribution in [0.3, 0.4) is 0 Å². The van der Waals surface area contributed by atoms with Crippen LogP contribution in [0.5, 0.6) is 5.75 Å². The number of hydrogen-bond donors (Lipinski definition) is 2. The molecular weight excluding hydrogens is 480 g/mol. The first-order valence-corrected chi connectivity index (χ1v) is 13.0. The third kappa shape index (κ3) is 5.50. The van der Waals surface area contributed by atoms with Crippen LogP contribution in [0.25, 0.3) is 10.9 Å². The van der Waals surface area contributed by atoms with Crippen molar-refractivity contribution in [2.75, 3.05) is 50.6 Å². The number of carbonyl (C=O) groups is 1. The van der Waals surface area contributed by atoms with Crippen LogP contribution in [0.2, 0.25) is 0 Å². The van der Waals surface area contributed by atoms with Gasteiger partial charge in [0.2, 0.25) is 5.91 Å². The number of piperidine rings is 1. The second-order valence-corrected chi connectivity index (χ2v) is 9.90. The second kappa shape index (κ2) is 11.7. The van der Waals surface area contributed by atoms with Crippen molar-refractivity contribution in [1.29, 1.82) is 5.26 Å². The maximum Gasteiger partial charge on any atom is 0.225 e. The van der Waals surface area contributed by atoms with Crippen molar-refractivity contribution in [2.24, 2.45) is 5.92 Å². The molecule has 1 saturated heterocycles. The van der Waals surface area contributed by atoms with Gasteiger partial charge in [-0.3, -0.25) is 4.79 Å². The molecule has 1 aliphatic rings. The molecule has 2 heterocycles. The number of aliphatic hydroxyl groups is 1. The summed E-state index contributed by atoms with van der Waals surface area (Å²) in [4.78, 5) is 26.0. The smallest absolute Gasteiger partial charge is 0.225 e. The average Bonchev–Trinajstić information content (AvgIpc) is 2.92. The molecule has 2 N–H and O–H groups in total. The SMILES string of the molecule is COc1cc2nc(C)nc(N[C@H](C)c3cccc(C#N)c3C)c2cc1N1CCC(C(=O)N(C)CCO)CC1. The fourth-order valence-corrected chi connectivity index (χ4v) is 5.25. The molecular formula is C29H36N6O3. The molecule has 9 nitrogen and oxygen atoms in total. The van der Waals surface area contributed by atoms with E-state index in [9.17, 15) is 15.2 Å². The van der Waals surface area contributed by atoms with Gasteiger partial charge in [0.1, 0.15) is 17.4 Å². The van der Waals surface area contributed by atoms with Gasteiger partial charge in [-0.1, -0.05) is 12.1 Å². The lowest BCUT2D eigenvalue weighted by molar-refractivity contribution is -0.135. The Morgan fingerprint density at radius 1 is 1.29 bits per heavy atom. The molecule has 200 valence electrons. The zero-order chi connectivity index (χ0) is 27.4. The number of fused-ring (bicyclic) bond motifs is 1. The number of aliphatic hydroxyl groups excluding tert-OH is 1. The summed E-state index contributed by atoms with van der Waals surface area (Å²) in [5.74, 6) is 2.14. The van der Waals surface area contributed by atoms with E-state index in [2.05, 4.69) is 34.3 Å². The minimum absolute atomic E-state index is 0.0325. The van der Waals surface area contributed by atoms with Gasteiger partial charge in [0.25, 0.3) is 0 Å². The van der Waals surface area contributed by atoms with Crippen LogP contribution in [-0.2, 0) is 4.79 Å². The van der Waals surface area contributed by atoms with Crippen molar-refractivity contribution in [3.05, 3.63) is 52.8 Å². The lowest BCUT2D eigenvalue weighted by Gasteiger charge is -2.35. The number of nitriles is 1. The summed E-state index contributed by atoms with van der Waals surface area (Å²) in [6.07, 6.45) is 1.47. The lowest BCUT2D eigenvalue weighted by Crippen LogP contribution is -2.42. The summed E-state index contributed by atoms with van der Waals surface area (Å²) < 4.78 is 5.77. The van der Waals surface area contributed by atoms with Gasteiger partial charge in [-0.25, -0.2) is 9.97 Å². The molecule has 3 aromatic rings. The van der Waals surface area contributed by atoms with Gasteiger partial charge in [-0.05, 0) is 56.9 Å². The molecule has 0 aliphatic carbocycles. The van der Waals surface area contributed by atoms with Crippen LogP contribution in [-0.4, -0.2) is 66.3 Å². The summed E-state index contributed by atoms with van der Waals surface area (Å²) in [6.45, 7) is 7.66. The van der Waals surface area contributed by atoms with E-state index >= 15 is 0 Å². The Bertz CT molecular complexity index is 1360. The first-order chi connectivity index (χ1) is 18.3. The van der Waals surface area contributed by atoms with Crippen molar-refractivity contribution in [2.45, 2.75) is 39.7 Å². The number of aromatic nitrogens is 2. The number of methoxy groups -OCH3 is 1. The molecule has 1 aliphatic heterocycles. The zero-order valence-corrected chi connectivity index (χ0v) is 22.8. The van der Waals surface area contributed by atoms with Crippen molar-refractivity contribution < 1.29 is 14.6 Å². The van der Waals surface area contributed by atoms with Crippen LogP contribution < -0.4 is 15.0 Å². The Hall–Kier alpha value is -3.90. The highest BCUT2D eigenvalue weighted by molar-refractivity contribution is 5.94. The van der Waals surface area contributed by atoms with E-state index in [-0.39, 0.29) is 24.5 Å². The number of nitrogens with zero attached hydrogens (tertiary/aromatic N) is 5. The van der Waals surface area contributed by atoms with Gasteiger partial charge in [0, 0.05) is 44.1 Å². The molecule has 1 aromatic heterocycles. The predicted octanol–water partition coefficient (Wildman–Crippen LogP) is 3.97. The van der Waals surface area contributed by atoms with Crippen LogP contribution in [0.4, 0.5) is 11.5 Å². The monoisotopic (exact) mass is 516 g/mol. The first kappa shape index (κ1) is 27.1. The number of carbonyl (C=O) groups excluding carboxylic acids is 1. The molecule has 0 bridgehead atoms. The van der Waals surface area contributed by atoms with Crippen LogP contribution >= 0.6 is 0 Å². The van der Waals surface area contributed by atoms with Crippen molar-refractivity contribution in [1.82, 2.24) is 14.9 Å². The highest BCUT2D eigenvalue weighted by Gasteiger charge is 2.29. The Morgan fingerprint density at radius 3 is 2.68 bits per heavy atom. The maximum absolute atomic E-state index is 12.7. The second-order valence-electron chi connectivity index (χ2n) is 9.90. The number of anilines is 2. The van der Waals surface area contributed by atoms with Crippen LogP contribution in [0.1, 0.15) is 48.3 Å². The minimum atomic E-state index is -0.0796. The van der Waals surface area contributed by atoms with Gasteiger partial charge in [0.15, 0.2) is 0 Å². The van der Waals surface area contributed by atoms with Gasteiger partial charge in [0.05, 0.1) is 42.6 Å². The number of amides is 1. The minimum Gasteiger partial charge on any atom is -0.495 e. The molecule has 2 aromatic carbocycles. The Morgan fingerprint density at radius 2 is 2.03 bits per heavy atom. The molecule has 1 atom stereocenters. The lowest BCUT2D eigenvalue weighted by atomic mass is 9.94. The quantitative estimate of drug-likeness (QED) is 0.462. The number of hydrogen-bond acceptors (Lipinski definition) is 8. The summed E-state index contributed by atoms with van der Waals surface area (Å²) in [6, 6.07) is 12.0. The number of aryl methyl sites for hydroxylation is 1. The summed E-state index contributed by atoms with van der Waals surface area (Å²) in [5.41, 5.74) is 4.39. The van der Waals surface area contributed by atoms with Crippen molar-refractivity contribution in [3.63, 3.8) is 0 Å². The van der Waals surface area contributed by atoms with E-state index in [0.717, 1.165) is 65.2 Å². The van der Waals surface area contributed by atoms with Crippen LogP contribution in [0, 0.1) is 31.1 Å². The average molecular weight is 517 g/mol. The van der Waals surface area contributed by atoms with Crippen LogP contribution in [0.15, 0.2) is 30.3 Å². The number of benzene rings is 2. The van der Waals surface area contributed by atoms with Crippen molar-refractivity contribution in [3.8, 4) is 11.8 Å². The largest absolute Gasteiger partial charge is 0.495 e. The van der Waals surface area contributed by atoms with E-state index in [0.29, 0.717) is 17.9 Å². The van der Waals surface area contributed by atoms with Gasteiger partial charge >= 0.3 is 0 Å². The fraction of sp³-hybridized carbons (Fsp3) is 0.448. The van der Waals surface area contributed by atoms with Gasteiger partial charge in [-0.15, -0.1) is 0 Å². The standard InChI is InChI=1S/C29H36N6O3/c1-18-22(17-30)7-6-8-23(18)19(2)31-28-24-15-26(27(38-5)16-25(24)32-20(3)33-28)35-11-9-21(10-12-35)29(37)34(4)13-14-36/h6-8,15-16,19,21,36H,9-14H2,1-5H3,(H,31,32,33)/t19-/m1/s1. The molecule has 38 heavy (non-hydrogen) atoms. The highest BCUT2D eigenvalue weighted by atomic mass is 16.5. The Kier molecular flexibility index (Phi) is 8.32. The Labute approximate surface area is 224 Å². The van der Waals surface area contributed by atoms with E-state index in [1.54, 1.807) is 19.1 Å². The molecule has 1 amide bonds. The number of ether oxygens (including phenoxy) is 1. The molecule has 0 radical (unpaired) electrons. The van der Waals surface area contributed by atoms with E-state index in [4.69, 9.17) is 9.72 Å². The Balaban J connectivity index is 1.64. The molecule has 0 spiro atoms. The number of likely N-dealkylation sites (N-methyl/N-ethyl adjacent to an activating group) is 1. The maximum atomic E-state index is 12.7. The highest BCUT2D eigenvalue weighted by Crippen LogP contribution is 2.38. The molecule has 4 rings (SSSR count). The van der Waals surface area contributed by atoms with E-state index in [1.807, 2.05) is 38.1 Å². The molecule has 9 heteroatoms. The molecule has 0 unspecified atom stereocenters. The number of rotatable bonds is 8. The normalized spacial score (nSPS) is 14.7. The van der Waals surface area contributed by atoms with Gasteiger partial charge in [-0.2, -0.15) is 5.26 Å². The summed E-state index contributed by atoms with van der Waals surface area (Å²) in [5, 5.41) is 23.1. The third-order valence-corrected chi connectivity index (χ3v) is 7.42. The number of nitrogens with one attached hydrogen (secondary N) is 1.